The maximum Gasteiger partial charge on any atom is 0.269 e. The van der Waals surface area contributed by atoms with Gasteiger partial charge in [0, 0.05) is 5.41 Å². The number of para-hydroxylation sites is 1. The van der Waals surface area contributed by atoms with Crippen LogP contribution < -0.4 is 10.1 Å². The van der Waals surface area contributed by atoms with Crippen LogP contribution in [0.25, 0.3) is 10.2 Å². The number of carbonyl (C=O) groups excluding carboxylic acids is 1. The van der Waals surface area contributed by atoms with Gasteiger partial charge in [0.2, 0.25) is 0 Å². The fourth-order valence-corrected chi connectivity index (χ4v) is 4.12. The highest BCUT2D eigenvalue weighted by Gasteiger charge is 2.23. The molecule has 1 amide bonds. The highest BCUT2D eigenvalue weighted by atomic mass is 32.1. The van der Waals surface area contributed by atoms with Crippen LogP contribution in [0.1, 0.15) is 41.1 Å². The van der Waals surface area contributed by atoms with Crippen LogP contribution >= 0.6 is 22.7 Å². The van der Waals surface area contributed by atoms with E-state index in [1.54, 1.807) is 7.11 Å². The second-order valence-corrected chi connectivity index (χ2v) is 8.49. The zero-order valence-corrected chi connectivity index (χ0v) is 15.9. The predicted octanol–water partition coefficient (Wildman–Crippen LogP) is 4.62. The SMILES string of the molecule is COc1cccc2sc(NC(=O)c3sc(C(C)(C)C)nc3C)nc12. The molecule has 0 spiro atoms. The third-order valence-electron chi connectivity index (χ3n) is 3.47. The largest absolute Gasteiger partial charge is 0.494 e. The molecule has 2 heterocycles. The van der Waals surface area contributed by atoms with Gasteiger partial charge in [-0.15, -0.1) is 11.3 Å². The summed E-state index contributed by atoms with van der Waals surface area (Å²) in [6.45, 7) is 8.13. The van der Waals surface area contributed by atoms with E-state index >= 15 is 0 Å². The Morgan fingerprint density at radius 1 is 1.21 bits per heavy atom. The first-order valence-electron chi connectivity index (χ1n) is 7.52. The molecule has 1 N–H and O–H groups in total. The number of benzene rings is 1. The lowest BCUT2D eigenvalue weighted by Crippen LogP contribution is -2.11. The number of rotatable bonds is 3. The van der Waals surface area contributed by atoms with Gasteiger partial charge in [0.15, 0.2) is 5.13 Å². The normalized spacial score (nSPS) is 11.7. The summed E-state index contributed by atoms with van der Waals surface area (Å²) in [7, 11) is 1.61. The molecule has 0 radical (unpaired) electrons. The van der Waals surface area contributed by atoms with E-state index in [-0.39, 0.29) is 11.3 Å². The monoisotopic (exact) mass is 361 g/mol. The summed E-state index contributed by atoms with van der Waals surface area (Å²) < 4.78 is 6.29. The number of fused-ring (bicyclic) bond motifs is 1. The molecule has 1 aromatic carbocycles. The lowest BCUT2D eigenvalue weighted by Gasteiger charge is -2.13. The topological polar surface area (TPSA) is 64.1 Å². The van der Waals surface area contributed by atoms with Crippen LogP contribution in [0.3, 0.4) is 0 Å². The van der Waals surface area contributed by atoms with Crippen molar-refractivity contribution in [1.82, 2.24) is 9.97 Å². The number of nitrogens with one attached hydrogen (secondary N) is 1. The summed E-state index contributed by atoms with van der Waals surface area (Å²) in [5.74, 6) is 0.534. The maximum absolute atomic E-state index is 12.6. The zero-order valence-electron chi connectivity index (χ0n) is 14.3. The van der Waals surface area contributed by atoms with Crippen molar-refractivity contribution in [3.8, 4) is 5.75 Å². The number of hydrogen-bond donors (Lipinski definition) is 1. The Kier molecular flexibility index (Phi) is 4.31. The first-order valence-corrected chi connectivity index (χ1v) is 9.15. The number of carbonyl (C=O) groups is 1. The van der Waals surface area contributed by atoms with Crippen LogP contribution in [-0.4, -0.2) is 23.0 Å². The second-order valence-electron chi connectivity index (χ2n) is 6.46. The average molecular weight is 361 g/mol. The molecule has 0 aliphatic carbocycles. The molecule has 5 nitrogen and oxygen atoms in total. The third-order valence-corrected chi connectivity index (χ3v) is 5.98. The van der Waals surface area contributed by atoms with Crippen molar-refractivity contribution in [1.29, 1.82) is 0 Å². The molecule has 0 atom stereocenters. The van der Waals surface area contributed by atoms with Crippen molar-refractivity contribution in [3.05, 3.63) is 33.8 Å². The second kappa shape index (κ2) is 6.14. The van der Waals surface area contributed by atoms with E-state index in [2.05, 4.69) is 36.1 Å². The molecule has 0 saturated heterocycles. The average Bonchev–Trinajstić information content (AvgIpc) is 3.09. The molecule has 0 aliphatic rings. The van der Waals surface area contributed by atoms with Crippen LogP contribution in [0.5, 0.6) is 5.75 Å². The minimum absolute atomic E-state index is 0.0722. The summed E-state index contributed by atoms with van der Waals surface area (Å²) in [6.07, 6.45) is 0. The molecule has 2 aromatic heterocycles. The summed E-state index contributed by atoms with van der Waals surface area (Å²) >= 11 is 2.87. The van der Waals surface area contributed by atoms with Gasteiger partial charge in [-0.2, -0.15) is 0 Å². The maximum atomic E-state index is 12.6. The number of thiazole rings is 2. The lowest BCUT2D eigenvalue weighted by atomic mass is 9.98. The van der Waals surface area contributed by atoms with Crippen molar-refractivity contribution < 1.29 is 9.53 Å². The quantitative estimate of drug-likeness (QED) is 0.739. The first-order chi connectivity index (χ1) is 11.3. The Labute approximate surface area is 148 Å². The van der Waals surface area contributed by atoms with Crippen molar-refractivity contribution in [2.75, 3.05) is 12.4 Å². The van der Waals surface area contributed by atoms with Gasteiger partial charge in [-0.25, -0.2) is 9.97 Å². The van der Waals surface area contributed by atoms with Crippen LogP contribution in [0.2, 0.25) is 0 Å². The number of aryl methyl sites for hydroxylation is 1. The number of ether oxygens (including phenoxy) is 1. The van der Waals surface area contributed by atoms with Gasteiger partial charge in [-0.1, -0.05) is 38.2 Å². The Morgan fingerprint density at radius 2 is 1.96 bits per heavy atom. The van der Waals surface area contributed by atoms with Crippen LogP contribution in [0.15, 0.2) is 18.2 Å². The van der Waals surface area contributed by atoms with Gasteiger partial charge in [-0.3, -0.25) is 10.1 Å². The molecule has 0 fully saturated rings. The van der Waals surface area contributed by atoms with E-state index in [1.165, 1.54) is 22.7 Å². The molecule has 3 rings (SSSR count). The molecular formula is C17H19N3O2S2. The van der Waals surface area contributed by atoms with Crippen molar-refractivity contribution >= 4 is 43.9 Å². The van der Waals surface area contributed by atoms with Crippen molar-refractivity contribution in [2.24, 2.45) is 0 Å². The number of amides is 1. The minimum atomic E-state index is -0.168. The molecule has 3 aromatic rings. The number of aromatic nitrogens is 2. The van der Waals surface area contributed by atoms with Crippen LogP contribution in [0, 0.1) is 6.92 Å². The van der Waals surface area contributed by atoms with Crippen molar-refractivity contribution in [3.63, 3.8) is 0 Å². The highest BCUT2D eigenvalue weighted by molar-refractivity contribution is 7.22. The predicted molar refractivity (Wildman–Crippen MR) is 99.7 cm³/mol. The first kappa shape index (κ1) is 16.9. The van der Waals surface area contributed by atoms with Gasteiger partial charge >= 0.3 is 0 Å². The van der Waals surface area contributed by atoms with E-state index < -0.39 is 0 Å². The van der Waals surface area contributed by atoms with Gasteiger partial charge in [0.05, 0.1) is 22.5 Å². The van der Waals surface area contributed by atoms with E-state index in [4.69, 9.17) is 4.74 Å². The summed E-state index contributed by atoms with van der Waals surface area (Å²) in [5, 5.41) is 4.40. The summed E-state index contributed by atoms with van der Waals surface area (Å²) in [6, 6.07) is 5.73. The Hall–Kier alpha value is -1.99. The molecular weight excluding hydrogens is 342 g/mol. The van der Waals surface area contributed by atoms with Crippen molar-refractivity contribution in [2.45, 2.75) is 33.1 Å². The summed E-state index contributed by atoms with van der Waals surface area (Å²) in [5.41, 5.74) is 1.44. The fraction of sp³-hybridized carbons (Fsp3) is 0.353. The van der Waals surface area contributed by atoms with E-state index in [0.29, 0.717) is 15.8 Å². The molecule has 0 bridgehead atoms. The molecule has 7 heteroatoms. The fourth-order valence-electron chi connectivity index (χ4n) is 2.22. The number of anilines is 1. The van der Waals surface area contributed by atoms with E-state index in [0.717, 1.165) is 20.9 Å². The standard InChI is InChI=1S/C17H19N3O2S2/c1-9-13(24-15(18-9)17(2,3)4)14(21)20-16-19-12-10(22-5)7-6-8-11(12)23-16/h6-8H,1-5H3,(H,19,20,21). The van der Waals surface area contributed by atoms with E-state index in [1.807, 2.05) is 25.1 Å². The Bertz CT molecular complexity index is 906. The molecule has 0 saturated carbocycles. The number of methoxy groups -OCH3 is 1. The van der Waals surface area contributed by atoms with Crippen LogP contribution in [0.4, 0.5) is 5.13 Å². The number of nitrogens with zero attached hydrogens (tertiary/aromatic N) is 2. The molecule has 0 unspecified atom stereocenters. The van der Waals surface area contributed by atoms with Gasteiger partial charge in [0.1, 0.15) is 16.1 Å². The van der Waals surface area contributed by atoms with E-state index in [9.17, 15) is 4.79 Å². The number of hydrogen-bond acceptors (Lipinski definition) is 6. The Morgan fingerprint density at radius 3 is 2.58 bits per heavy atom. The minimum Gasteiger partial charge on any atom is -0.494 e. The molecule has 24 heavy (non-hydrogen) atoms. The Balaban J connectivity index is 1.89. The van der Waals surface area contributed by atoms with Gasteiger partial charge in [0.25, 0.3) is 5.91 Å². The smallest absolute Gasteiger partial charge is 0.269 e. The third kappa shape index (κ3) is 3.14. The van der Waals surface area contributed by atoms with Gasteiger partial charge in [-0.05, 0) is 19.1 Å². The molecule has 126 valence electrons. The molecule has 0 aliphatic heterocycles. The lowest BCUT2D eigenvalue weighted by molar-refractivity contribution is 0.103. The zero-order chi connectivity index (χ0) is 17.5. The van der Waals surface area contributed by atoms with Gasteiger partial charge < -0.3 is 4.74 Å². The van der Waals surface area contributed by atoms with Crippen LogP contribution in [-0.2, 0) is 5.41 Å². The summed E-state index contributed by atoms with van der Waals surface area (Å²) in [4.78, 5) is 22.2. The highest BCUT2D eigenvalue weighted by Crippen LogP contribution is 2.33.